The third-order valence-electron chi connectivity index (χ3n) is 3.68. The fourth-order valence-electron chi connectivity index (χ4n) is 2.91. The van der Waals surface area contributed by atoms with E-state index in [4.69, 9.17) is 0 Å². The number of rotatable bonds is 5. The van der Waals surface area contributed by atoms with Gasteiger partial charge in [-0.2, -0.15) is 0 Å². The zero-order valence-electron chi connectivity index (χ0n) is 13.2. The van der Waals surface area contributed by atoms with Crippen LogP contribution < -0.4 is 5.32 Å². The highest BCUT2D eigenvalue weighted by molar-refractivity contribution is 9.10. The smallest absolute Gasteiger partial charge is 0.0597 e. The van der Waals surface area contributed by atoms with Crippen LogP contribution in [0.1, 0.15) is 47.2 Å². The Hall–Kier alpha value is -1.19. The quantitative estimate of drug-likeness (QED) is 0.836. The van der Waals surface area contributed by atoms with Gasteiger partial charge >= 0.3 is 0 Å². The largest absolute Gasteiger partial charge is 0.306 e. The monoisotopic (exact) mass is 346 g/mol. The first-order valence-corrected chi connectivity index (χ1v) is 8.23. The summed E-state index contributed by atoms with van der Waals surface area (Å²) in [4.78, 5) is 4.33. The van der Waals surface area contributed by atoms with Crippen molar-refractivity contribution in [1.82, 2.24) is 10.3 Å². The number of benzene rings is 1. The van der Waals surface area contributed by atoms with E-state index in [-0.39, 0.29) is 6.04 Å². The van der Waals surface area contributed by atoms with E-state index in [1.54, 1.807) is 0 Å². The summed E-state index contributed by atoms with van der Waals surface area (Å²) in [5.74, 6) is 0. The van der Waals surface area contributed by atoms with E-state index >= 15 is 0 Å². The number of aromatic nitrogens is 1. The summed E-state index contributed by atoms with van der Waals surface area (Å²) in [5, 5.41) is 3.67. The highest BCUT2D eigenvalue weighted by Crippen LogP contribution is 2.29. The Kier molecular flexibility index (Phi) is 5.54. The second kappa shape index (κ2) is 7.19. The summed E-state index contributed by atoms with van der Waals surface area (Å²) >= 11 is 3.53. The lowest BCUT2D eigenvalue weighted by molar-refractivity contribution is 0.592. The van der Waals surface area contributed by atoms with Crippen molar-refractivity contribution in [2.75, 3.05) is 6.54 Å². The summed E-state index contributed by atoms with van der Waals surface area (Å²) in [6, 6.07) is 6.86. The second-order valence-electron chi connectivity index (χ2n) is 5.64. The van der Waals surface area contributed by atoms with Crippen LogP contribution in [0.25, 0.3) is 0 Å². The van der Waals surface area contributed by atoms with E-state index in [2.05, 4.69) is 72.1 Å². The van der Waals surface area contributed by atoms with Crippen molar-refractivity contribution >= 4 is 15.9 Å². The van der Waals surface area contributed by atoms with Gasteiger partial charge in [0.1, 0.15) is 0 Å². The number of hydrogen-bond acceptors (Lipinski definition) is 2. The normalized spacial score (nSPS) is 12.4. The van der Waals surface area contributed by atoms with Crippen LogP contribution in [0.3, 0.4) is 0 Å². The average Bonchev–Trinajstić information content (AvgIpc) is 2.41. The summed E-state index contributed by atoms with van der Waals surface area (Å²) in [6.45, 7) is 9.73. The van der Waals surface area contributed by atoms with Gasteiger partial charge in [-0.15, -0.1) is 0 Å². The molecule has 0 saturated heterocycles. The Balaban J connectivity index is 2.50. The number of hydrogen-bond donors (Lipinski definition) is 1. The number of nitrogens with one attached hydrogen (secondary N) is 1. The van der Waals surface area contributed by atoms with Gasteiger partial charge < -0.3 is 5.32 Å². The number of nitrogens with zero attached hydrogens (tertiary/aromatic N) is 1. The minimum Gasteiger partial charge on any atom is -0.306 e. The molecule has 1 aromatic carbocycles. The van der Waals surface area contributed by atoms with Crippen LogP contribution >= 0.6 is 15.9 Å². The molecule has 3 heteroatoms. The maximum absolute atomic E-state index is 4.33. The molecule has 2 rings (SSSR count). The fraction of sp³-hybridized carbons (Fsp3) is 0.389. The lowest BCUT2D eigenvalue weighted by Gasteiger charge is -2.24. The molecule has 0 aliphatic heterocycles. The first kappa shape index (κ1) is 16.2. The maximum Gasteiger partial charge on any atom is 0.0597 e. The molecule has 0 saturated carbocycles. The average molecular weight is 347 g/mol. The SMILES string of the molecule is CCCNC(c1cncc(Br)c1)c1c(C)cc(C)cc1C. The van der Waals surface area contributed by atoms with Crippen molar-refractivity contribution in [2.24, 2.45) is 0 Å². The van der Waals surface area contributed by atoms with Crippen molar-refractivity contribution in [2.45, 2.75) is 40.2 Å². The van der Waals surface area contributed by atoms with Gasteiger partial charge in [-0.1, -0.05) is 24.6 Å². The first-order chi connectivity index (χ1) is 10.0. The maximum atomic E-state index is 4.33. The van der Waals surface area contributed by atoms with Gasteiger partial charge in [0.2, 0.25) is 0 Å². The topological polar surface area (TPSA) is 24.9 Å². The lowest BCUT2D eigenvalue weighted by atomic mass is 9.90. The van der Waals surface area contributed by atoms with E-state index in [0.717, 1.165) is 17.4 Å². The van der Waals surface area contributed by atoms with E-state index in [9.17, 15) is 0 Å². The molecule has 1 unspecified atom stereocenters. The molecule has 2 nitrogen and oxygen atoms in total. The third kappa shape index (κ3) is 3.92. The van der Waals surface area contributed by atoms with Gasteiger partial charge in [0.15, 0.2) is 0 Å². The highest BCUT2D eigenvalue weighted by Gasteiger charge is 2.18. The molecule has 0 aliphatic rings. The fourth-order valence-corrected chi connectivity index (χ4v) is 3.29. The first-order valence-electron chi connectivity index (χ1n) is 7.44. The molecule has 1 heterocycles. The summed E-state index contributed by atoms with van der Waals surface area (Å²) in [6.07, 6.45) is 4.90. The molecular weight excluding hydrogens is 324 g/mol. The van der Waals surface area contributed by atoms with Gasteiger partial charge in [0, 0.05) is 16.9 Å². The van der Waals surface area contributed by atoms with Crippen LogP contribution in [-0.2, 0) is 0 Å². The summed E-state index contributed by atoms with van der Waals surface area (Å²) < 4.78 is 1.02. The van der Waals surface area contributed by atoms with Crippen LogP contribution in [0.15, 0.2) is 35.1 Å². The zero-order valence-corrected chi connectivity index (χ0v) is 14.8. The molecular formula is C18H23BrN2. The van der Waals surface area contributed by atoms with Gasteiger partial charge in [-0.25, -0.2) is 0 Å². The second-order valence-corrected chi connectivity index (χ2v) is 6.55. The molecule has 1 atom stereocenters. The lowest BCUT2D eigenvalue weighted by Crippen LogP contribution is -2.25. The molecule has 112 valence electrons. The van der Waals surface area contributed by atoms with E-state index < -0.39 is 0 Å². The standard InChI is InChI=1S/C18H23BrN2/c1-5-6-21-18(15-9-16(19)11-20-10-15)17-13(3)7-12(2)8-14(17)4/h7-11,18,21H,5-6H2,1-4H3. The Labute approximate surface area is 136 Å². The molecule has 2 aromatic rings. The van der Waals surface area contributed by atoms with Gasteiger partial charge in [-0.3, -0.25) is 4.98 Å². The molecule has 0 radical (unpaired) electrons. The van der Waals surface area contributed by atoms with Crippen LogP contribution in [0, 0.1) is 20.8 Å². The van der Waals surface area contributed by atoms with Crippen LogP contribution in [0.4, 0.5) is 0 Å². The third-order valence-corrected chi connectivity index (χ3v) is 4.12. The molecule has 0 amide bonds. The molecule has 0 bridgehead atoms. The molecule has 1 N–H and O–H groups in total. The van der Waals surface area contributed by atoms with Crippen molar-refractivity contribution in [1.29, 1.82) is 0 Å². The van der Waals surface area contributed by atoms with E-state index in [0.29, 0.717) is 0 Å². The van der Waals surface area contributed by atoms with Crippen LogP contribution in [0.5, 0.6) is 0 Å². The summed E-state index contributed by atoms with van der Waals surface area (Å²) in [5.41, 5.74) is 6.55. The van der Waals surface area contributed by atoms with Crippen LogP contribution in [-0.4, -0.2) is 11.5 Å². The molecule has 0 spiro atoms. The zero-order chi connectivity index (χ0) is 15.4. The minimum atomic E-state index is 0.190. The number of pyridine rings is 1. The van der Waals surface area contributed by atoms with Crippen molar-refractivity contribution in [3.63, 3.8) is 0 Å². The highest BCUT2D eigenvalue weighted by atomic mass is 79.9. The van der Waals surface area contributed by atoms with Gasteiger partial charge in [-0.05, 0) is 78.0 Å². The van der Waals surface area contributed by atoms with Crippen molar-refractivity contribution in [3.05, 3.63) is 62.9 Å². The van der Waals surface area contributed by atoms with Gasteiger partial charge in [0.25, 0.3) is 0 Å². The number of halogens is 1. The van der Waals surface area contributed by atoms with Crippen molar-refractivity contribution in [3.8, 4) is 0 Å². The Morgan fingerprint density at radius 2 is 1.76 bits per heavy atom. The number of aryl methyl sites for hydroxylation is 3. The molecule has 0 fully saturated rings. The molecule has 1 aromatic heterocycles. The summed E-state index contributed by atoms with van der Waals surface area (Å²) in [7, 11) is 0. The van der Waals surface area contributed by atoms with Crippen molar-refractivity contribution < 1.29 is 0 Å². The molecule has 0 aliphatic carbocycles. The Bertz CT molecular complexity index is 599. The molecule has 21 heavy (non-hydrogen) atoms. The van der Waals surface area contributed by atoms with Crippen LogP contribution in [0.2, 0.25) is 0 Å². The predicted octanol–water partition coefficient (Wildman–Crippen LogP) is 4.86. The van der Waals surface area contributed by atoms with Gasteiger partial charge in [0.05, 0.1) is 6.04 Å². The van der Waals surface area contributed by atoms with E-state index in [1.807, 2.05) is 12.4 Å². The van der Waals surface area contributed by atoms with E-state index in [1.165, 1.54) is 27.8 Å². The Morgan fingerprint density at radius 3 is 2.33 bits per heavy atom. The minimum absolute atomic E-state index is 0.190. The Morgan fingerprint density at radius 1 is 1.10 bits per heavy atom. The predicted molar refractivity (Wildman–Crippen MR) is 92.7 cm³/mol.